The molecule has 0 aromatic heterocycles. The van der Waals surface area contributed by atoms with Crippen molar-refractivity contribution in [2.24, 2.45) is 0 Å². The number of nitrogens with zero attached hydrogens (tertiary/aromatic N) is 2. The average Bonchev–Trinajstić information content (AvgIpc) is 2.48. The molecule has 0 unspecified atom stereocenters. The van der Waals surface area contributed by atoms with Crippen LogP contribution in [0.2, 0.25) is 0 Å². The van der Waals surface area contributed by atoms with Gasteiger partial charge in [0.1, 0.15) is 0 Å². The van der Waals surface area contributed by atoms with Gasteiger partial charge in [-0.1, -0.05) is 18.3 Å². The molecule has 108 valence electrons. The first-order valence-corrected chi connectivity index (χ1v) is 6.69. The van der Waals surface area contributed by atoms with Gasteiger partial charge in [-0.05, 0) is 11.6 Å². The average molecular weight is 296 g/mol. The molecule has 7 heteroatoms. The Hall–Kier alpha value is -1.73. The van der Waals surface area contributed by atoms with Gasteiger partial charge >= 0.3 is 5.69 Å². The monoisotopic (exact) mass is 296 g/mol. The van der Waals surface area contributed by atoms with Gasteiger partial charge in [-0.15, -0.1) is 0 Å². The molecule has 0 amide bonds. The second-order valence-corrected chi connectivity index (χ2v) is 4.90. The zero-order valence-electron chi connectivity index (χ0n) is 11.2. The molecule has 0 aliphatic carbocycles. The Balaban J connectivity index is 2.10. The number of ether oxygens (including phenoxy) is 2. The smallest absolute Gasteiger partial charge is 0.311 e. The molecule has 1 aromatic rings. The molecule has 1 aliphatic heterocycles. The number of nitro groups is 1. The minimum atomic E-state index is -0.444. The van der Waals surface area contributed by atoms with Gasteiger partial charge in [0.2, 0.25) is 0 Å². The van der Waals surface area contributed by atoms with E-state index in [4.69, 9.17) is 21.7 Å². The van der Waals surface area contributed by atoms with Crippen LogP contribution in [0.25, 0.3) is 0 Å². The van der Waals surface area contributed by atoms with Crippen molar-refractivity contribution in [3.05, 3.63) is 33.9 Å². The van der Waals surface area contributed by atoms with Gasteiger partial charge in [0, 0.05) is 25.6 Å². The fourth-order valence-corrected chi connectivity index (χ4v) is 2.44. The van der Waals surface area contributed by atoms with Gasteiger partial charge in [0.05, 0.1) is 30.2 Å². The van der Waals surface area contributed by atoms with Crippen LogP contribution in [-0.2, 0) is 11.2 Å². The summed E-state index contributed by atoms with van der Waals surface area (Å²) >= 11 is 5.40. The first kappa shape index (κ1) is 14.7. The quantitative estimate of drug-likeness (QED) is 0.479. The van der Waals surface area contributed by atoms with Crippen molar-refractivity contribution in [2.75, 3.05) is 33.4 Å². The molecule has 0 atom stereocenters. The molecule has 1 aliphatic rings. The van der Waals surface area contributed by atoms with Crippen molar-refractivity contribution in [1.82, 2.24) is 4.90 Å². The van der Waals surface area contributed by atoms with Crippen LogP contribution in [0.3, 0.4) is 0 Å². The Labute approximate surface area is 122 Å². The standard InChI is InChI=1S/C13H16N2O4S/c1-18-12-3-2-10(8-11(12)15(16)17)9-13(20)14-4-6-19-7-5-14/h2-3,8H,4-7,9H2,1H3. The zero-order chi connectivity index (χ0) is 14.5. The van der Waals surface area contributed by atoms with Crippen molar-refractivity contribution in [1.29, 1.82) is 0 Å². The Morgan fingerprint density at radius 3 is 2.80 bits per heavy atom. The third kappa shape index (κ3) is 3.43. The van der Waals surface area contributed by atoms with Gasteiger partial charge in [-0.3, -0.25) is 10.1 Å². The Kier molecular flexibility index (Phi) is 4.86. The summed E-state index contributed by atoms with van der Waals surface area (Å²) in [6, 6.07) is 4.93. The summed E-state index contributed by atoms with van der Waals surface area (Å²) in [5, 5.41) is 11.0. The highest BCUT2D eigenvalue weighted by molar-refractivity contribution is 7.80. The van der Waals surface area contributed by atoms with Gasteiger partial charge in [-0.2, -0.15) is 0 Å². The van der Waals surface area contributed by atoms with E-state index in [9.17, 15) is 10.1 Å². The zero-order valence-corrected chi connectivity index (χ0v) is 12.0. The maximum Gasteiger partial charge on any atom is 0.311 e. The molecule has 2 rings (SSSR count). The molecule has 1 fully saturated rings. The molecule has 0 N–H and O–H groups in total. The van der Waals surface area contributed by atoms with Crippen LogP contribution >= 0.6 is 12.2 Å². The van der Waals surface area contributed by atoms with Crippen molar-refractivity contribution in [3.63, 3.8) is 0 Å². The van der Waals surface area contributed by atoms with Crippen LogP contribution in [0, 0.1) is 10.1 Å². The fourth-order valence-electron chi connectivity index (χ4n) is 2.09. The summed E-state index contributed by atoms with van der Waals surface area (Å²) in [6.45, 7) is 2.89. The minimum Gasteiger partial charge on any atom is -0.490 e. The lowest BCUT2D eigenvalue weighted by Crippen LogP contribution is -2.40. The first-order chi connectivity index (χ1) is 9.61. The van der Waals surface area contributed by atoms with Crippen molar-refractivity contribution in [3.8, 4) is 5.75 Å². The second-order valence-electron chi connectivity index (χ2n) is 4.43. The van der Waals surface area contributed by atoms with E-state index in [0.717, 1.165) is 23.6 Å². The summed E-state index contributed by atoms with van der Waals surface area (Å²) < 4.78 is 10.3. The number of rotatable bonds is 4. The molecule has 1 heterocycles. The highest BCUT2D eigenvalue weighted by Gasteiger charge is 2.18. The highest BCUT2D eigenvalue weighted by Crippen LogP contribution is 2.27. The van der Waals surface area contributed by atoms with Gasteiger partial charge in [0.15, 0.2) is 5.75 Å². The van der Waals surface area contributed by atoms with Gasteiger partial charge < -0.3 is 14.4 Å². The van der Waals surface area contributed by atoms with Crippen molar-refractivity contribution in [2.45, 2.75) is 6.42 Å². The van der Waals surface area contributed by atoms with E-state index in [1.807, 2.05) is 0 Å². The Morgan fingerprint density at radius 1 is 1.50 bits per heavy atom. The molecule has 0 radical (unpaired) electrons. The van der Waals surface area contributed by atoms with Crippen LogP contribution < -0.4 is 4.74 Å². The lowest BCUT2D eigenvalue weighted by molar-refractivity contribution is -0.385. The number of morpholine rings is 1. The maximum absolute atomic E-state index is 11.0. The molecular formula is C13H16N2O4S. The third-order valence-electron chi connectivity index (χ3n) is 3.16. The molecule has 0 saturated carbocycles. The van der Waals surface area contributed by atoms with Crippen LogP contribution in [0.4, 0.5) is 5.69 Å². The molecule has 1 saturated heterocycles. The molecule has 6 nitrogen and oxygen atoms in total. The maximum atomic E-state index is 11.0. The summed E-state index contributed by atoms with van der Waals surface area (Å²) in [7, 11) is 1.42. The largest absolute Gasteiger partial charge is 0.490 e. The number of benzene rings is 1. The molecule has 0 spiro atoms. The Bertz CT molecular complexity index is 515. The number of nitro benzene ring substituents is 1. The van der Waals surface area contributed by atoms with Crippen LogP contribution in [0.5, 0.6) is 5.75 Å². The van der Waals surface area contributed by atoms with E-state index >= 15 is 0 Å². The van der Waals surface area contributed by atoms with E-state index < -0.39 is 4.92 Å². The molecule has 1 aromatic carbocycles. The van der Waals surface area contributed by atoms with E-state index in [1.54, 1.807) is 12.1 Å². The van der Waals surface area contributed by atoms with E-state index in [2.05, 4.69) is 4.90 Å². The molecular weight excluding hydrogens is 280 g/mol. The molecule has 20 heavy (non-hydrogen) atoms. The highest BCUT2D eigenvalue weighted by atomic mass is 32.1. The third-order valence-corrected chi connectivity index (χ3v) is 3.56. The first-order valence-electron chi connectivity index (χ1n) is 6.28. The summed E-state index contributed by atoms with van der Waals surface area (Å²) in [5.41, 5.74) is 0.781. The fraction of sp³-hybridized carbons (Fsp3) is 0.462. The van der Waals surface area contributed by atoms with Crippen LogP contribution in [0.1, 0.15) is 5.56 Å². The second kappa shape index (κ2) is 6.62. The Morgan fingerprint density at radius 2 is 2.20 bits per heavy atom. The van der Waals surface area contributed by atoms with E-state index in [1.165, 1.54) is 13.2 Å². The van der Waals surface area contributed by atoms with Crippen LogP contribution in [0.15, 0.2) is 18.2 Å². The number of thiocarbonyl (C=S) groups is 1. The topological polar surface area (TPSA) is 64.8 Å². The minimum absolute atomic E-state index is 0.0326. The number of hydrogen-bond acceptors (Lipinski definition) is 5. The van der Waals surface area contributed by atoms with E-state index in [0.29, 0.717) is 19.6 Å². The van der Waals surface area contributed by atoms with E-state index in [-0.39, 0.29) is 11.4 Å². The van der Waals surface area contributed by atoms with Gasteiger partial charge in [0.25, 0.3) is 0 Å². The normalized spacial score (nSPS) is 14.9. The summed E-state index contributed by atoms with van der Waals surface area (Å²) in [6.07, 6.45) is 0.514. The summed E-state index contributed by atoms with van der Waals surface area (Å²) in [4.78, 5) is 13.4. The predicted molar refractivity (Wildman–Crippen MR) is 78.3 cm³/mol. The number of methoxy groups -OCH3 is 1. The summed E-state index contributed by atoms with van der Waals surface area (Å²) in [5.74, 6) is 0.260. The SMILES string of the molecule is COc1ccc(CC(=S)N2CCOCC2)cc1[N+](=O)[O-]. The number of hydrogen-bond donors (Lipinski definition) is 0. The lowest BCUT2D eigenvalue weighted by Gasteiger charge is -2.29. The predicted octanol–water partition coefficient (Wildman–Crippen LogP) is 1.81. The van der Waals surface area contributed by atoms with Crippen molar-refractivity contribution >= 4 is 22.9 Å². The van der Waals surface area contributed by atoms with Crippen molar-refractivity contribution < 1.29 is 14.4 Å². The molecule has 0 bridgehead atoms. The van der Waals surface area contributed by atoms with Gasteiger partial charge in [-0.25, -0.2) is 0 Å². The van der Waals surface area contributed by atoms with Crippen LogP contribution in [-0.4, -0.2) is 48.2 Å². The lowest BCUT2D eigenvalue weighted by atomic mass is 10.1.